The Hall–Kier alpha value is -1.10. The zero-order chi connectivity index (χ0) is 16.5. The third-order valence-corrected chi connectivity index (χ3v) is 6.14. The molecule has 4 nitrogen and oxygen atoms in total. The van der Waals surface area contributed by atoms with Gasteiger partial charge in [0.05, 0.1) is 13.2 Å². The molecule has 0 N–H and O–H groups in total. The number of benzene rings is 1. The van der Waals surface area contributed by atoms with E-state index in [2.05, 4.69) is 46.7 Å². The van der Waals surface area contributed by atoms with E-state index in [4.69, 9.17) is 4.74 Å². The van der Waals surface area contributed by atoms with E-state index in [0.717, 1.165) is 38.9 Å². The van der Waals surface area contributed by atoms with Gasteiger partial charge >= 0.3 is 0 Å². The second-order valence-corrected chi connectivity index (χ2v) is 7.78. The lowest BCUT2D eigenvalue weighted by Gasteiger charge is -2.42. The molecule has 3 fully saturated rings. The van der Waals surface area contributed by atoms with E-state index >= 15 is 0 Å². The summed E-state index contributed by atoms with van der Waals surface area (Å²) in [5.74, 6) is 0. The van der Waals surface area contributed by atoms with Crippen LogP contribution < -0.4 is 4.90 Å². The van der Waals surface area contributed by atoms with Crippen molar-refractivity contribution in [2.24, 2.45) is 0 Å². The van der Waals surface area contributed by atoms with Gasteiger partial charge in [0.15, 0.2) is 0 Å². The number of hydrogen-bond donors (Lipinski definition) is 0. The SMILES string of the molecule is Cc1cc(N2CCOCC2)ccc1CN1C[C@H]2CCCN2C[C@H]1C. The van der Waals surface area contributed by atoms with Crippen molar-refractivity contribution in [2.75, 3.05) is 50.8 Å². The number of morpholine rings is 1. The molecule has 2 atom stereocenters. The highest BCUT2D eigenvalue weighted by Crippen LogP contribution is 2.27. The molecule has 0 aliphatic carbocycles. The summed E-state index contributed by atoms with van der Waals surface area (Å²) < 4.78 is 5.47. The molecule has 3 aliphatic heterocycles. The lowest BCUT2D eigenvalue weighted by Crippen LogP contribution is -2.54. The van der Waals surface area contributed by atoms with Crippen LogP contribution in [0.2, 0.25) is 0 Å². The van der Waals surface area contributed by atoms with Gasteiger partial charge < -0.3 is 9.64 Å². The summed E-state index contributed by atoms with van der Waals surface area (Å²) in [6, 6.07) is 8.50. The van der Waals surface area contributed by atoms with E-state index < -0.39 is 0 Å². The third-order valence-electron chi connectivity index (χ3n) is 6.14. The van der Waals surface area contributed by atoms with Crippen LogP contribution in [0.3, 0.4) is 0 Å². The van der Waals surface area contributed by atoms with E-state index in [9.17, 15) is 0 Å². The molecule has 1 aromatic rings. The van der Waals surface area contributed by atoms with Crippen molar-refractivity contribution < 1.29 is 4.74 Å². The highest BCUT2D eigenvalue weighted by atomic mass is 16.5. The molecule has 0 saturated carbocycles. The quantitative estimate of drug-likeness (QED) is 0.848. The maximum Gasteiger partial charge on any atom is 0.0642 e. The second kappa shape index (κ2) is 7.03. The Kier molecular flexibility index (Phi) is 4.79. The van der Waals surface area contributed by atoms with Crippen molar-refractivity contribution in [2.45, 2.75) is 45.3 Å². The van der Waals surface area contributed by atoms with Gasteiger partial charge in [0.2, 0.25) is 0 Å². The number of nitrogens with zero attached hydrogens (tertiary/aromatic N) is 3. The van der Waals surface area contributed by atoms with Gasteiger partial charge in [-0.05, 0) is 56.5 Å². The molecule has 3 heterocycles. The molecule has 1 aromatic carbocycles. The van der Waals surface area contributed by atoms with Crippen molar-refractivity contribution in [3.8, 4) is 0 Å². The van der Waals surface area contributed by atoms with E-state index in [0.29, 0.717) is 6.04 Å². The maximum atomic E-state index is 5.47. The first kappa shape index (κ1) is 16.4. The molecule has 0 amide bonds. The normalized spacial score (nSPS) is 29.0. The van der Waals surface area contributed by atoms with Gasteiger partial charge in [-0.3, -0.25) is 9.80 Å². The van der Waals surface area contributed by atoms with Crippen molar-refractivity contribution in [3.05, 3.63) is 29.3 Å². The van der Waals surface area contributed by atoms with Crippen molar-refractivity contribution in [1.29, 1.82) is 0 Å². The van der Waals surface area contributed by atoms with Crippen LogP contribution in [-0.4, -0.2) is 67.8 Å². The fourth-order valence-electron chi connectivity index (χ4n) is 4.56. The minimum Gasteiger partial charge on any atom is -0.378 e. The Balaban J connectivity index is 1.44. The van der Waals surface area contributed by atoms with Crippen LogP contribution in [-0.2, 0) is 11.3 Å². The standard InChI is InChI=1S/C20H31N3O/c1-16-12-19(21-8-10-24-11-9-21)6-5-18(16)14-23-15-20-4-3-7-22(20)13-17(23)2/h5-6,12,17,20H,3-4,7-11,13-15H2,1-2H3/t17-,20-/m1/s1. The summed E-state index contributed by atoms with van der Waals surface area (Å²) in [7, 11) is 0. The van der Waals surface area contributed by atoms with Gasteiger partial charge in [0.1, 0.15) is 0 Å². The second-order valence-electron chi connectivity index (χ2n) is 7.78. The van der Waals surface area contributed by atoms with Gasteiger partial charge in [-0.2, -0.15) is 0 Å². The minimum absolute atomic E-state index is 0.665. The molecule has 0 aromatic heterocycles. The Morgan fingerprint density at radius 3 is 2.75 bits per heavy atom. The van der Waals surface area contributed by atoms with E-state index in [1.54, 1.807) is 0 Å². The fourth-order valence-corrected chi connectivity index (χ4v) is 4.56. The van der Waals surface area contributed by atoms with E-state index in [1.165, 1.54) is 49.3 Å². The summed E-state index contributed by atoms with van der Waals surface area (Å²) >= 11 is 0. The molecular weight excluding hydrogens is 298 g/mol. The fraction of sp³-hybridized carbons (Fsp3) is 0.700. The van der Waals surface area contributed by atoms with Crippen LogP contribution in [0.1, 0.15) is 30.9 Å². The van der Waals surface area contributed by atoms with Crippen molar-refractivity contribution in [3.63, 3.8) is 0 Å². The van der Waals surface area contributed by atoms with Crippen LogP contribution in [0.4, 0.5) is 5.69 Å². The number of anilines is 1. The predicted molar refractivity (Wildman–Crippen MR) is 98.7 cm³/mol. The zero-order valence-corrected chi connectivity index (χ0v) is 15.2. The molecule has 0 unspecified atom stereocenters. The van der Waals surface area contributed by atoms with Gasteiger partial charge in [0, 0.05) is 50.5 Å². The van der Waals surface area contributed by atoms with Gasteiger partial charge in [-0.25, -0.2) is 0 Å². The average molecular weight is 329 g/mol. The van der Waals surface area contributed by atoms with Crippen LogP contribution in [0.15, 0.2) is 18.2 Å². The molecule has 0 spiro atoms. The largest absolute Gasteiger partial charge is 0.378 e. The zero-order valence-electron chi connectivity index (χ0n) is 15.2. The number of aryl methyl sites for hydroxylation is 1. The molecular formula is C20H31N3O. The van der Waals surface area contributed by atoms with E-state index in [1.807, 2.05) is 0 Å². The predicted octanol–water partition coefficient (Wildman–Crippen LogP) is 2.50. The number of hydrogen-bond acceptors (Lipinski definition) is 4. The Bertz CT molecular complexity index is 570. The van der Waals surface area contributed by atoms with Crippen LogP contribution in [0, 0.1) is 6.92 Å². The van der Waals surface area contributed by atoms with Gasteiger partial charge in [-0.15, -0.1) is 0 Å². The lowest BCUT2D eigenvalue weighted by atomic mass is 10.0. The first-order chi connectivity index (χ1) is 11.7. The molecule has 4 heteroatoms. The Morgan fingerprint density at radius 1 is 1.12 bits per heavy atom. The Labute approximate surface area is 146 Å². The number of rotatable bonds is 3. The van der Waals surface area contributed by atoms with Crippen molar-refractivity contribution in [1.82, 2.24) is 9.80 Å². The first-order valence-electron chi connectivity index (χ1n) is 9.61. The Morgan fingerprint density at radius 2 is 1.96 bits per heavy atom. The topological polar surface area (TPSA) is 19.0 Å². The molecule has 3 saturated heterocycles. The molecule has 0 bridgehead atoms. The smallest absolute Gasteiger partial charge is 0.0642 e. The molecule has 24 heavy (non-hydrogen) atoms. The van der Waals surface area contributed by atoms with Crippen LogP contribution >= 0.6 is 0 Å². The average Bonchev–Trinajstić information content (AvgIpc) is 3.04. The summed E-state index contributed by atoms with van der Waals surface area (Å²) in [6.45, 7) is 13.3. The van der Waals surface area contributed by atoms with Crippen molar-refractivity contribution >= 4 is 5.69 Å². The summed E-state index contributed by atoms with van der Waals surface area (Å²) in [5.41, 5.74) is 4.28. The number of fused-ring (bicyclic) bond motifs is 1. The van der Waals surface area contributed by atoms with Crippen LogP contribution in [0.25, 0.3) is 0 Å². The van der Waals surface area contributed by atoms with Gasteiger partial charge in [-0.1, -0.05) is 6.07 Å². The number of ether oxygens (including phenoxy) is 1. The lowest BCUT2D eigenvalue weighted by molar-refractivity contribution is 0.0539. The monoisotopic (exact) mass is 329 g/mol. The third kappa shape index (κ3) is 3.32. The number of piperazine rings is 1. The highest BCUT2D eigenvalue weighted by molar-refractivity contribution is 5.51. The molecule has 4 rings (SSSR count). The molecule has 132 valence electrons. The molecule has 3 aliphatic rings. The van der Waals surface area contributed by atoms with Gasteiger partial charge in [0.25, 0.3) is 0 Å². The summed E-state index contributed by atoms with van der Waals surface area (Å²) in [6.07, 6.45) is 2.77. The molecule has 0 radical (unpaired) electrons. The maximum absolute atomic E-state index is 5.47. The summed E-state index contributed by atoms with van der Waals surface area (Å²) in [5, 5.41) is 0. The van der Waals surface area contributed by atoms with Crippen LogP contribution in [0.5, 0.6) is 0 Å². The summed E-state index contributed by atoms with van der Waals surface area (Å²) in [4.78, 5) is 7.85. The first-order valence-corrected chi connectivity index (χ1v) is 9.61. The van der Waals surface area contributed by atoms with E-state index in [-0.39, 0.29) is 0 Å². The highest BCUT2D eigenvalue weighted by Gasteiger charge is 2.34. The minimum atomic E-state index is 0.665.